The van der Waals surface area contributed by atoms with Crippen molar-refractivity contribution in [1.29, 1.82) is 0 Å². The van der Waals surface area contributed by atoms with Gasteiger partial charge in [-0.15, -0.1) is 0 Å². The van der Waals surface area contributed by atoms with Crippen molar-refractivity contribution in [3.05, 3.63) is 36.0 Å². The number of piperidine rings is 1. The van der Waals surface area contributed by atoms with Gasteiger partial charge in [-0.25, -0.2) is 4.79 Å². The zero-order valence-electron chi connectivity index (χ0n) is 8.39. The molecule has 0 bridgehead atoms. The zero-order valence-corrected chi connectivity index (χ0v) is 8.39. The van der Waals surface area contributed by atoms with Crippen molar-refractivity contribution >= 4 is 11.6 Å². The van der Waals surface area contributed by atoms with Crippen LogP contribution in [0.4, 0.5) is 5.69 Å². The summed E-state index contributed by atoms with van der Waals surface area (Å²) in [6.45, 7) is 0.676. The Morgan fingerprint density at radius 2 is 2.07 bits per heavy atom. The van der Waals surface area contributed by atoms with E-state index in [0.717, 1.165) is 5.69 Å². The Balaban J connectivity index is 2.26. The van der Waals surface area contributed by atoms with Gasteiger partial charge in [0.15, 0.2) is 0 Å². The maximum atomic E-state index is 10.8. The number of aliphatic hydroxyl groups excluding tert-OH is 1. The number of carbonyl (C=O) groups excluding carboxylic acids is 1. The van der Waals surface area contributed by atoms with Gasteiger partial charge in [-0.05, 0) is 18.6 Å². The summed E-state index contributed by atoms with van der Waals surface area (Å²) in [5, 5.41) is 9.45. The van der Waals surface area contributed by atoms with Crippen molar-refractivity contribution in [2.24, 2.45) is 0 Å². The maximum absolute atomic E-state index is 10.8. The summed E-state index contributed by atoms with van der Waals surface area (Å²) in [6, 6.07) is 9.71. The smallest absolute Gasteiger partial charge is 0.146 e. The average molecular weight is 203 g/mol. The highest BCUT2D eigenvalue weighted by atomic mass is 16.3. The van der Waals surface area contributed by atoms with E-state index in [9.17, 15) is 9.90 Å². The summed E-state index contributed by atoms with van der Waals surface area (Å²) < 4.78 is 0. The first-order valence-electron chi connectivity index (χ1n) is 5.06. The van der Waals surface area contributed by atoms with Crippen molar-refractivity contribution < 1.29 is 9.90 Å². The largest absolute Gasteiger partial charge is 0.393 e. The van der Waals surface area contributed by atoms with E-state index in [-0.39, 0.29) is 0 Å². The lowest BCUT2D eigenvalue weighted by molar-refractivity contribution is 0.157. The van der Waals surface area contributed by atoms with Crippen LogP contribution in [0, 0.1) is 0 Å². The molecule has 1 aliphatic rings. The van der Waals surface area contributed by atoms with Crippen molar-refractivity contribution in [3.8, 4) is 0 Å². The molecule has 0 aromatic heterocycles. The fraction of sp³-hybridized carbons (Fsp3) is 0.333. The summed E-state index contributed by atoms with van der Waals surface area (Å²) in [6.07, 6.45) is 0.694. The lowest BCUT2D eigenvalue weighted by atomic mass is 10.0. The van der Waals surface area contributed by atoms with Crippen molar-refractivity contribution in [2.75, 3.05) is 11.4 Å². The molecule has 1 aromatic carbocycles. The van der Waals surface area contributed by atoms with Crippen LogP contribution in [-0.2, 0) is 4.79 Å². The molecule has 1 N–H and O–H groups in total. The molecular weight excluding hydrogens is 190 g/mol. The number of aliphatic hydroxyl groups is 1. The number of hydrogen-bond donors (Lipinski definition) is 1. The third-order valence-electron chi connectivity index (χ3n) is 2.63. The molecule has 1 heterocycles. The van der Waals surface area contributed by atoms with Crippen LogP contribution >= 0.6 is 0 Å². The predicted molar refractivity (Wildman–Crippen MR) is 58.2 cm³/mol. The second-order valence-electron chi connectivity index (χ2n) is 3.68. The van der Waals surface area contributed by atoms with Gasteiger partial charge in [0.25, 0.3) is 0 Å². The molecule has 0 aliphatic carbocycles. The highest BCUT2D eigenvalue weighted by Gasteiger charge is 2.22. The van der Waals surface area contributed by atoms with Gasteiger partial charge in [-0.2, -0.15) is 0 Å². The van der Waals surface area contributed by atoms with Crippen molar-refractivity contribution in [1.82, 2.24) is 0 Å². The minimum absolute atomic E-state index is 0.401. The Bertz CT molecular complexity index is 382. The van der Waals surface area contributed by atoms with Crippen LogP contribution in [0.15, 0.2) is 36.0 Å². The highest BCUT2D eigenvalue weighted by Crippen LogP contribution is 2.25. The first kappa shape index (κ1) is 9.97. The van der Waals surface area contributed by atoms with Crippen molar-refractivity contribution in [3.63, 3.8) is 0 Å². The Morgan fingerprint density at radius 3 is 2.73 bits per heavy atom. The lowest BCUT2D eigenvalue weighted by Crippen LogP contribution is -2.34. The standard InChI is InChI=1S/C12H13NO2/c14-9-11-8-12(15)6-7-13(11)10-4-2-1-3-5-10/h1-5,12,15H,6-8H2. The van der Waals surface area contributed by atoms with E-state index in [2.05, 4.69) is 0 Å². The second-order valence-corrected chi connectivity index (χ2v) is 3.68. The molecule has 1 fully saturated rings. The number of rotatable bonds is 1. The third kappa shape index (κ3) is 2.09. The topological polar surface area (TPSA) is 40.5 Å². The first-order valence-corrected chi connectivity index (χ1v) is 5.06. The molecule has 78 valence electrons. The van der Waals surface area contributed by atoms with Gasteiger partial charge in [0.05, 0.1) is 6.10 Å². The quantitative estimate of drug-likeness (QED) is 0.701. The molecule has 15 heavy (non-hydrogen) atoms. The number of anilines is 1. The molecule has 1 aliphatic heterocycles. The van der Waals surface area contributed by atoms with E-state index >= 15 is 0 Å². The maximum Gasteiger partial charge on any atom is 0.146 e. The molecule has 2 rings (SSSR count). The van der Waals surface area contributed by atoms with Crippen molar-refractivity contribution in [2.45, 2.75) is 18.9 Å². The fourth-order valence-corrected chi connectivity index (χ4v) is 1.84. The molecule has 1 atom stereocenters. The molecule has 0 amide bonds. The number of nitrogens with zero attached hydrogens (tertiary/aromatic N) is 1. The normalized spacial score (nSPS) is 21.3. The Labute approximate surface area is 88.6 Å². The minimum Gasteiger partial charge on any atom is -0.393 e. The van der Waals surface area contributed by atoms with Gasteiger partial charge in [0.1, 0.15) is 11.6 Å². The summed E-state index contributed by atoms with van der Waals surface area (Å²) >= 11 is 0. The van der Waals surface area contributed by atoms with E-state index in [1.807, 2.05) is 41.2 Å². The molecule has 0 spiro atoms. The molecule has 0 radical (unpaired) electrons. The van der Waals surface area contributed by atoms with E-state index in [1.54, 1.807) is 0 Å². The summed E-state index contributed by atoms with van der Waals surface area (Å²) in [5.41, 5.74) is 1.53. The van der Waals surface area contributed by atoms with E-state index in [4.69, 9.17) is 0 Å². The first-order chi connectivity index (χ1) is 7.31. The fourth-order valence-electron chi connectivity index (χ4n) is 1.84. The summed E-state index contributed by atoms with van der Waals surface area (Å²) in [5.74, 6) is 1.92. The molecule has 3 heteroatoms. The predicted octanol–water partition coefficient (Wildman–Crippen LogP) is 1.36. The van der Waals surface area contributed by atoms with E-state index in [1.165, 1.54) is 0 Å². The lowest BCUT2D eigenvalue weighted by Gasteiger charge is -2.31. The molecule has 3 nitrogen and oxygen atoms in total. The van der Waals surface area contributed by atoms with Gasteiger partial charge in [-0.3, -0.25) is 0 Å². The van der Waals surface area contributed by atoms with Crippen LogP contribution in [0.1, 0.15) is 12.8 Å². The zero-order chi connectivity index (χ0) is 10.7. The molecule has 1 aromatic rings. The number of benzene rings is 1. The minimum atomic E-state index is -0.401. The average Bonchev–Trinajstić information content (AvgIpc) is 2.30. The van der Waals surface area contributed by atoms with Gasteiger partial charge >= 0.3 is 0 Å². The number of hydrogen-bond acceptors (Lipinski definition) is 3. The SMILES string of the molecule is O=C=C1CC(O)CCN1c1ccccc1. The number of para-hydroxylation sites is 1. The monoisotopic (exact) mass is 203 g/mol. The third-order valence-corrected chi connectivity index (χ3v) is 2.63. The Kier molecular flexibility index (Phi) is 2.86. The van der Waals surface area contributed by atoms with Crippen LogP contribution in [0.5, 0.6) is 0 Å². The van der Waals surface area contributed by atoms with E-state index < -0.39 is 6.10 Å². The van der Waals surface area contributed by atoms with Crippen LogP contribution in [-0.4, -0.2) is 23.7 Å². The van der Waals surface area contributed by atoms with Gasteiger partial charge in [-0.1, -0.05) is 18.2 Å². The van der Waals surface area contributed by atoms with Crippen LogP contribution < -0.4 is 4.90 Å². The molecule has 0 saturated carbocycles. The van der Waals surface area contributed by atoms with Gasteiger partial charge in [0.2, 0.25) is 0 Å². The summed E-state index contributed by atoms with van der Waals surface area (Å²) in [4.78, 5) is 12.7. The molecular formula is C12H13NO2. The van der Waals surface area contributed by atoms with E-state index in [0.29, 0.717) is 25.1 Å². The van der Waals surface area contributed by atoms with Gasteiger partial charge < -0.3 is 10.0 Å². The Morgan fingerprint density at radius 1 is 1.33 bits per heavy atom. The van der Waals surface area contributed by atoms with Gasteiger partial charge in [0, 0.05) is 18.7 Å². The summed E-state index contributed by atoms with van der Waals surface area (Å²) in [7, 11) is 0. The van der Waals surface area contributed by atoms with Crippen LogP contribution in [0.2, 0.25) is 0 Å². The second kappa shape index (κ2) is 4.30. The van der Waals surface area contributed by atoms with Crippen LogP contribution in [0.3, 0.4) is 0 Å². The highest BCUT2D eigenvalue weighted by molar-refractivity contribution is 5.65. The van der Waals surface area contributed by atoms with Crippen LogP contribution in [0.25, 0.3) is 0 Å². The molecule has 1 unspecified atom stereocenters. The molecule has 1 saturated heterocycles. The Hall–Kier alpha value is -1.57.